The minimum Gasteiger partial charge on any atom is -0.462 e. The van der Waals surface area contributed by atoms with Crippen LogP contribution < -0.4 is 5.73 Å². The van der Waals surface area contributed by atoms with Crippen LogP contribution in [0.15, 0.2) is 42.5 Å². The van der Waals surface area contributed by atoms with Gasteiger partial charge in [-0.15, -0.1) is 0 Å². The van der Waals surface area contributed by atoms with E-state index in [9.17, 15) is 4.79 Å². The highest BCUT2D eigenvalue weighted by Gasteiger charge is 2.19. The third-order valence-electron chi connectivity index (χ3n) is 3.13. The smallest absolute Gasteiger partial charge is 0.350 e. The van der Waals surface area contributed by atoms with Gasteiger partial charge in [-0.2, -0.15) is 0 Å². The molecule has 3 rings (SSSR count). The van der Waals surface area contributed by atoms with Crippen LogP contribution in [0.2, 0.25) is 0 Å². The first-order valence-corrected chi connectivity index (χ1v) is 7.43. The van der Waals surface area contributed by atoms with Gasteiger partial charge in [0.1, 0.15) is 4.88 Å². The van der Waals surface area contributed by atoms with E-state index < -0.39 is 0 Å². The highest BCUT2D eigenvalue weighted by molar-refractivity contribution is 7.17. The third kappa shape index (κ3) is 2.60. The second kappa shape index (κ2) is 5.54. The summed E-state index contributed by atoms with van der Waals surface area (Å²) in [5.74, 6) is -0.380. The number of anilines is 1. The Bertz CT molecular complexity index is 811. The van der Waals surface area contributed by atoms with Crippen molar-refractivity contribution < 1.29 is 9.53 Å². The number of hydrogen-bond donors (Lipinski definition) is 1. The number of benzene rings is 2. The Morgan fingerprint density at radius 1 is 1.24 bits per heavy atom. The van der Waals surface area contributed by atoms with Gasteiger partial charge in [0, 0.05) is 5.56 Å². The van der Waals surface area contributed by atoms with Crippen LogP contribution in [0.5, 0.6) is 0 Å². The average molecular weight is 298 g/mol. The molecule has 0 aliphatic rings. The van der Waals surface area contributed by atoms with Gasteiger partial charge in [0.05, 0.1) is 12.3 Å². The highest BCUT2D eigenvalue weighted by atomic mass is 32.1. The van der Waals surface area contributed by atoms with Gasteiger partial charge in [0.15, 0.2) is 5.13 Å². The van der Waals surface area contributed by atoms with Gasteiger partial charge in [-0.3, -0.25) is 0 Å². The lowest BCUT2D eigenvalue weighted by Gasteiger charge is -2.04. The number of fused-ring (bicyclic) bond motifs is 1. The largest absolute Gasteiger partial charge is 0.462 e. The maximum Gasteiger partial charge on any atom is 0.350 e. The fourth-order valence-electron chi connectivity index (χ4n) is 2.20. The van der Waals surface area contributed by atoms with E-state index in [0.29, 0.717) is 22.3 Å². The maximum atomic E-state index is 12.0. The second-order valence-corrected chi connectivity index (χ2v) is 5.54. The van der Waals surface area contributed by atoms with Gasteiger partial charge >= 0.3 is 5.97 Å². The van der Waals surface area contributed by atoms with Crippen LogP contribution in [0.3, 0.4) is 0 Å². The molecule has 0 saturated carbocycles. The molecule has 2 N–H and O–H groups in total. The normalized spacial score (nSPS) is 10.7. The number of esters is 1. The molecule has 21 heavy (non-hydrogen) atoms. The molecule has 1 aromatic heterocycles. The first-order valence-electron chi connectivity index (χ1n) is 6.61. The van der Waals surface area contributed by atoms with Gasteiger partial charge in [-0.25, -0.2) is 9.78 Å². The van der Waals surface area contributed by atoms with Crippen LogP contribution >= 0.6 is 11.3 Å². The van der Waals surface area contributed by atoms with Gasteiger partial charge in [-0.1, -0.05) is 47.7 Å². The standard InChI is InChI=1S/C16H14N2O2S/c1-2-20-15(19)14-13(18-16(17)21-14)12-8-7-10-5-3-4-6-11(10)9-12/h3-9H,2H2,1H3,(H2,17,18). The summed E-state index contributed by atoms with van der Waals surface area (Å²) in [6.07, 6.45) is 0. The van der Waals surface area contributed by atoms with E-state index in [4.69, 9.17) is 10.5 Å². The van der Waals surface area contributed by atoms with Crippen molar-refractivity contribution >= 4 is 33.2 Å². The van der Waals surface area contributed by atoms with E-state index in [2.05, 4.69) is 4.98 Å². The molecule has 3 aromatic rings. The summed E-state index contributed by atoms with van der Waals surface area (Å²) < 4.78 is 5.07. The minimum atomic E-state index is -0.380. The number of nitrogen functional groups attached to an aromatic ring is 1. The van der Waals surface area contributed by atoms with E-state index in [1.54, 1.807) is 6.92 Å². The molecular weight excluding hydrogens is 284 g/mol. The quantitative estimate of drug-likeness (QED) is 0.748. The Hall–Kier alpha value is -2.40. The van der Waals surface area contributed by atoms with Crippen molar-refractivity contribution in [1.29, 1.82) is 0 Å². The minimum absolute atomic E-state index is 0.327. The number of hydrogen-bond acceptors (Lipinski definition) is 5. The van der Waals surface area contributed by atoms with Crippen LogP contribution in [0.1, 0.15) is 16.6 Å². The molecule has 4 nitrogen and oxygen atoms in total. The molecule has 0 atom stereocenters. The van der Waals surface area contributed by atoms with Crippen LogP contribution in [0.4, 0.5) is 5.13 Å². The van der Waals surface area contributed by atoms with Crippen molar-refractivity contribution in [2.24, 2.45) is 0 Å². The molecule has 0 fully saturated rings. The number of nitrogens with zero attached hydrogens (tertiary/aromatic N) is 1. The summed E-state index contributed by atoms with van der Waals surface area (Å²) in [6.45, 7) is 2.10. The predicted octanol–water partition coefficient (Wildman–Crippen LogP) is 3.72. The molecule has 1 heterocycles. The molecular formula is C16H14N2O2S. The van der Waals surface area contributed by atoms with E-state index in [1.807, 2.05) is 42.5 Å². The van der Waals surface area contributed by atoms with Gasteiger partial charge in [-0.05, 0) is 23.8 Å². The van der Waals surface area contributed by atoms with Crippen molar-refractivity contribution in [2.45, 2.75) is 6.92 Å². The van der Waals surface area contributed by atoms with Gasteiger partial charge in [0.2, 0.25) is 0 Å². The number of aromatic nitrogens is 1. The Morgan fingerprint density at radius 2 is 2.00 bits per heavy atom. The molecule has 0 saturated heterocycles. The van der Waals surface area contributed by atoms with E-state index in [0.717, 1.165) is 27.7 Å². The van der Waals surface area contributed by atoms with Crippen molar-refractivity contribution in [3.05, 3.63) is 47.3 Å². The molecule has 0 spiro atoms. The fraction of sp³-hybridized carbons (Fsp3) is 0.125. The first kappa shape index (κ1) is 13.6. The number of nitrogens with two attached hydrogens (primary N) is 1. The van der Waals surface area contributed by atoms with Gasteiger partial charge in [0.25, 0.3) is 0 Å². The Balaban J connectivity index is 2.11. The topological polar surface area (TPSA) is 65.2 Å². The summed E-state index contributed by atoms with van der Waals surface area (Å²) in [5.41, 5.74) is 7.21. The summed E-state index contributed by atoms with van der Waals surface area (Å²) in [4.78, 5) is 16.7. The van der Waals surface area contributed by atoms with E-state index >= 15 is 0 Å². The molecule has 2 aromatic carbocycles. The highest BCUT2D eigenvalue weighted by Crippen LogP contribution is 2.32. The Morgan fingerprint density at radius 3 is 2.76 bits per heavy atom. The summed E-state index contributed by atoms with van der Waals surface area (Å²) in [6, 6.07) is 14.0. The predicted molar refractivity (Wildman–Crippen MR) is 85.4 cm³/mol. The number of ether oxygens (including phenoxy) is 1. The lowest BCUT2D eigenvalue weighted by atomic mass is 10.0. The van der Waals surface area contributed by atoms with Crippen LogP contribution in [-0.2, 0) is 4.74 Å². The van der Waals surface area contributed by atoms with Crippen LogP contribution in [-0.4, -0.2) is 17.6 Å². The maximum absolute atomic E-state index is 12.0. The number of carbonyl (C=O) groups excluding carboxylic acids is 1. The molecule has 0 bridgehead atoms. The van der Waals surface area contributed by atoms with Crippen molar-refractivity contribution in [3.63, 3.8) is 0 Å². The fourth-order valence-corrected chi connectivity index (χ4v) is 2.95. The third-order valence-corrected chi connectivity index (χ3v) is 3.99. The summed E-state index contributed by atoms with van der Waals surface area (Å²) >= 11 is 1.15. The molecule has 0 radical (unpaired) electrons. The van der Waals surface area contributed by atoms with E-state index in [1.165, 1.54) is 0 Å². The van der Waals surface area contributed by atoms with Gasteiger partial charge < -0.3 is 10.5 Å². The molecule has 0 aliphatic carbocycles. The van der Waals surface area contributed by atoms with Crippen molar-refractivity contribution in [2.75, 3.05) is 12.3 Å². The molecule has 0 unspecified atom stereocenters. The van der Waals surface area contributed by atoms with E-state index in [-0.39, 0.29) is 5.97 Å². The summed E-state index contributed by atoms with van der Waals surface area (Å²) in [7, 11) is 0. The number of carbonyl (C=O) groups is 1. The van der Waals surface area contributed by atoms with Crippen molar-refractivity contribution in [1.82, 2.24) is 4.98 Å². The molecule has 0 aliphatic heterocycles. The lowest BCUT2D eigenvalue weighted by molar-refractivity contribution is 0.0532. The Kier molecular flexibility index (Phi) is 3.58. The first-order chi connectivity index (χ1) is 10.2. The average Bonchev–Trinajstić information content (AvgIpc) is 2.89. The number of thiazole rings is 1. The van der Waals surface area contributed by atoms with Crippen LogP contribution in [0, 0.1) is 0 Å². The zero-order valence-corrected chi connectivity index (χ0v) is 12.3. The zero-order chi connectivity index (χ0) is 14.8. The molecule has 0 amide bonds. The lowest BCUT2D eigenvalue weighted by Crippen LogP contribution is -2.03. The molecule has 5 heteroatoms. The monoisotopic (exact) mass is 298 g/mol. The summed E-state index contributed by atoms with van der Waals surface area (Å²) in [5, 5.41) is 2.60. The molecule has 106 valence electrons. The number of rotatable bonds is 3. The van der Waals surface area contributed by atoms with Crippen LogP contribution in [0.25, 0.3) is 22.0 Å². The Labute approximate surface area is 126 Å². The SMILES string of the molecule is CCOC(=O)c1sc(N)nc1-c1ccc2ccccc2c1. The van der Waals surface area contributed by atoms with Crippen molar-refractivity contribution in [3.8, 4) is 11.3 Å². The second-order valence-electron chi connectivity index (χ2n) is 4.51. The zero-order valence-electron chi connectivity index (χ0n) is 11.5.